The number of nitrogens with zero attached hydrogens (tertiary/aromatic N) is 3. The van der Waals surface area contributed by atoms with Gasteiger partial charge in [0.2, 0.25) is 0 Å². The molecule has 3 aromatic rings. The Hall–Kier alpha value is -2.47. The average Bonchev–Trinajstić information content (AvgIpc) is 3.12. The molecule has 0 amide bonds. The van der Waals surface area contributed by atoms with E-state index in [9.17, 15) is 0 Å². The Labute approximate surface area is 176 Å². The van der Waals surface area contributed by atoms with Gasteiger partial charge in [0.05, 0.1) is 18.7 Å². The van der Waals surface area contributed by atoms with E-state index in [1.807, 2.05) is 35.6 Å². The van der Waals surface area contributed by atoms with Crippen LogP contribution in [-0.2, 0) is 12.8 Å². The van der Waals surface area contributed by atoms with Gasteiger partial charge in [-0.2, -0.15) is 5.10 Å². The summed E-state index contributed by atoms with van der Waals surface area (Å²) in [6.07, 6.45) is 8.07. The van der Waals surface area contributed by atoms with Crippen molar-refractivity contribution in [1.82, 2.24) is 9.97 Å². The van der Waals surface area contributed by atoms with Crippen LogP contribution in [0.2, 0.25) is 0 Å². The van der Waals surface area contributed by atoms with Gasteiger partial charge in [-0.3, -0.25) is 5.43 Å². The first-order valence-electron chi connectivity index (χ1n) is 10.2. The van der Waals surface area contributed by atoms with Gasteiger partial charge >= 0.3 is 0 Å². The van der Waals surface area contributed by atoms with Gasteiger partial charge in [0, 0.05) is 10.4 Å². The fourth-order valence-corrected chi connectivity index (χ4v) is 5.27. The molecule has 2 heterocycles. The van der Waals surface area contributed by atoms with Crippen LogP contribution in [0.3, 0.4) is 0 Å². The minimum Gasteiger partial charge on any atom is -0.496 e. The predicted octanol–water partition coefficient (Wildman–Crippen LogP) is 5.69. The molecule has 1 aliphatic carbocycles. The van der Waals surface area contributed by atoms with Crippen LogP contribution in [0.15, 0.2) is 35.7 Å². The van der Waals surface area contributed by atoms with E-state index in [-0.39, 0.29) is 0 Å². The maximum atomic E-state index is 5.39. The van der Waals surface area contributed by atoms with Crippen molar-refractivity contribution >= 4 is 33.6 Å². The quantitative estimate of drug-likeness (QED) is 0.421. The van der Waals surface area contributed by atoms with E-state index >= 15 is 0 Å². The lowest BCUT2D eigenvalue weighted by Crippen LogP contribution is -2.28. The number of hydrogen-bond acceptors (Lipinski definition) is 6. The number of methoxy groups -OCH3 is 1. The first-order valence-corrected chi connectivity index (χ1v) is 11.0. The topological polar surface area (TPSA) is 59.4 Å². The number of rotatable bonds is 6. The van der Waals surface area contributed by atoms with Gasteiger partial charge in [0.15, 0.2) is 5.82 Å². The number of fused-ring (bicyclic) bond motifs is 3. The molecule has 1 aromatic carbocycles. The van der Waals surface area contributed by atoms with Gasteiger partial charge < -0.3 is 4.74 Å². The molecule has 152 valence electrons. The Kier molecular flexibility index (Phi) is 5.54. The number of para-hydroxylation sites is 1. The average molecular weight is 409 g/mol. The van der Waals surface area contributed by atoms with Gasteiger partial charge in [-0.1, -0.05) is 39.3 Å². The molecule has 0 spiro atoms. The van der Waals surface area contributed by atoms with E-state index in [1.54, 1.807) is 19.7 Å². The molecule has 0 saturated carbocycles. The molecule has 4 rings (SSSR count). The number of aryl methyl sites for hydroxylation is 1. The number of benzene rings is 1. The third-order valence-electron chi connectivity index (χ3n) is 6.37. The highest BCUT2D eigenvalue weighted by atomic mass is 32.1. The minimum absolute atomic E-state index is 0.344. The second-order valence-corrected chi connectivity index (χ2v) is 9.38. The van der Waals surface area contributed by atoms with Crippen molar-refractivity contribution in [3.8, 4) is 5.75 Å². The number of anilines is 1. The smallest absolute Gasteiger partial charge is 0.158 e. The molecule has 0 radical (unpaired) electrons. The summed E-state index contributed by atoms with van der Waals surface area (Å²) < 4.78 is 5.39. The standard InChI is InChI=1S/C23H28N4OS/c1-5-23(2,3)16-10-11-19-17(12-16)20-21(24-14-25-22(20)29-19)27-26-13-15-8-6-7-9-18(15)28-4/h6-9,13-14,16H,5,10-12H2,1-4H3,(H,24,25,27)/b26-13+. The van der Waals surface area contributed by atoms with Crippen LogP contribution in [0.25, 0.3) is 10.2 Å². The van der Waals surface area contributed by atoms with Crippen LogP contribution in [0, 0.1) is 11.3 Å². The summed E-state index contributed by atoms with van der Waals surface area (Å²) in [5, 5.41) is 5.58. The second kappa shape index (κ2) is 8.11. The summed E-state index contributed by atoms with van der Waals surface area (Å²) in [5.41, 5.74) is 5.84. The van der Waals surface area contributed by atoms with Crippen LogP contribution >= 0.6 is 11.3 Å². The van der Waals surface area contributed by atoms with Crippen molar-refractivity contribution < 1.29 is 4.74 Å². The third kappa shape index (κ3) is 3.86. The summed E-state index contributed by atoms with van der Waals surface area (Å²) in [6, 6.07) is 7.82. The van der Waals surface area contributed by atoms with E-state index < -0.39 is 0 Å². The molecule has 1 N–H and O–H groups in total. The first kappa shape index (κ1) is 19.8. The minimum atomic E-state index is 0.344. The van der Waals surface area contributed by atoms with Crippen LogP contribution in [0.4, 0.5) is 5.82 Å². The van der Waals surface area contributed by atoms with Crippen LogP contribution in [0.1, 0.15) is 49.6 Å². The van der Waals surface area contributed by atoms with Gasteiger partial charge in [-0.05, 0) is 48.3 Å². The van der Waals surface area contributed by atoms with E-state index in [4.69, 9.17) is 4.74 Å². The molecule has 1 aliphatic rings. The molecular weight excluding hydrogens is 380 g/mol. The van der Waals surface area contributed by atoms with Crippen molar-refractivity contribution in [2.24, 2.45) is 16.4 Å². The summed E-state index contributed by atoms with van der Waals surface area (Å²) >= 11 is 1.81. The summed E-state index contributed by atoms with van der Waals surface area (Å²) in [4.78, 5) is 11.6. The maximum absolute atomic E-state index is 5.39. The number of ether oxygens (including phenoxy) is 1. The van der Waals surface area contributed by atoms with E-state index in [0.717, 1.165) is 40.2 Å². The van der Waals surface area contributed by atoms with Crippen LogP contribution < -0.4 is 10.2 Å². The molecule has 5 nitrogen and oxygen atoms in total. The second-order valence-electron chi connectivity index (χ2n) is 8.30. The van der Waals surface area contributed by atoms with Crippen molar-refractivity contribution in [3.05, 3.63) is 46.6 Å². The van der Waals surface area contributed by atoms with Crippen molar-refractivity contribution in [2.45, 2.75) is 46.5 Å². The van der Waals surface area contributed by atoms with Crippen molar-refractivity contribution in [3.63, 3.8) is 0 Å². The molecule has 0 saturated heterocycles. The Bertz CT molecular complexity index is 1040. The van der Waals surface area contributed by atoms with Crippen molar-refractivity contribution in [2.75, 3.05) is 12.5 Å². The molecule has 0 bridgehead atoms. The van der Waals surface area contributed by atoms with E-state index in [1.165, 1.54) is 23.3 Å². The molecule has 0 aliphatic heterocycles. The highest BCUT2D eigenvalue weighted by Crippen LogP contribution is 2.45. The van der Waals surface area contributed by atoms with Gasteiger partial charge in [0.25, 0.3) is 0 Å². The zero-order chi connectivity index (χ0) is 20.4. The van der Waals surface area contributed by atoms with Gasteiger partial charge in [0.1, 0.15) is 16.9 Å². The van der Waals surface area contributed by atoms with E-state index in [0.29, 0.717) is 11.3 Å². The third-order valence-corrected chi connectivity index (χ3v) is 7.57. The molecule has 6 heteroatoms. The number of aromatic nitrogens is 2. The number of hydrazone groups is 1. The largest absolute Gasteiger partial charge is 0.496 e. The Balaban J connectivity index is 1.65. The molecule has 1 atom stereocenters. The van der Waals surface area contributed by atoms with Gasteiger partial charge in [-0.25, -0.2) is 9.97 Å². The fourth-order valence-electron chi connectivity index (χ4n) is 4.08. The summed E-state index contributed by atoms with van der Waals surface area (Å²) in [6.45, 7) is 7.08. The maximum Gasteiger partial charge on any atom is 0.158 e. The molecule has 0 fully saturated rings. The summed E-state index contributed by atoms with van der Waals surface area (Å²) in [7, 11) is 1.67. The van der Waals surface area contributed by atoms with E-state index in [2.05, 4.69) is 41.3 Å². The van der Waals surface area contributed by atoms with Crippen LogP contribution in [0.5, 0.6) is 5.75 Å². The van der Waals surface area contributed by atoms with Crippen molar-refractivity contribution in [1.29, 1.82) is 0 Å². The number of hydrogen-bond donors (Lipinski definition) is 1. The monoisotopic (exact) mass is 408 g/mol. The van der Waals surface area contributed by atoms with Gasteiger partial charge in [-0.15, -0.1) is 11.3 Å². The Morgan fingerprint density at radius 2 is 2.14 bits per heavy atom. The molecular formula is C23H28N4OS. The highest BCUT2D eigenvalue weighted by molar-refractivity contribution is 7.19. The lowest BCUT2D eigenvalue weighted by atomic mass is 9.69. The molecule has 1 unspecified atom stereocenters. The zero-order valence-electron chi connectivity index (χ0n) is 17.5. The normalized spacial score (nSPS) is 16.9. The molecule has 2 aromatic heterocycles. The Morgan fingerprint density at radius 1 is 1.31 bits per heavy atom. The SMILES string of the molecule is CCC(C)(C)C1CCc2sc3ncnc(N/N=C/c4ccccc4OC)c3c2C1. The number of nitrogens with one attached hydrogen (secondary N) is 1. The summed E-state index contributed by atoms with van der Waals surface area (Å²) in [5.74, 6) is 2.26. The lowest BCUT2D eigenvalue weighted by molar-refractivity contribution is 0.184. The lowest BCUT2D eigenvalue weighted by Gasteiger charge is -2.36. The first-order chi connectivity index (χ1) is 14.0. The molecule has 29 heavy (non-hydrogen) atoms. The fraction of sp³-hybridized carbons (Fsp3) is 0.435. The van der Waals surface area contributed by atoms with Crippen LogP contribution in [-0.4, -0.2) is 23.3 Å². The zero-order valence-corrected chi connectivity index (χ0v) is 18.3. The predicted molar refractivity (Wildman–Crippen MR) is 121 cm³/mol. The highest BCUT2D eigenvalue weighted by Gasteiger charge is 2.33. The Morgan fingerprint density at radius 3 is 2.93 bits per heavy atom. The number of thiophene rings is 1.